The minimum atomic E-state index is -0.519. The van der Waals surface area contributed by atoms with Gasteiger partial charge in [0.05, 0.1) is 15.5 Å². The van der Waals surface area contributed by atoms with Gasteiger partial charge in [0.1, 0.15) is 17.3 Å². The number of non-ortho nitro benzene ring substituents is 1. The molecular weight excluding hydrogens is 462 g/mol. The van der Waals surface area contributed by atoms with E-state index in [1.165, 1.54) is 18.2 Å². The normalized spacial score (nSPS) is 14.8. The molecule has 0 bridgehead atoms. The van der Waals surface area contributed by atoms with Gasteiger partial charge in [-0.2, -0.15) is 0 Å². The number of carbonyl (C=O) groups is 1. The Labute approximate surface area is 178 Å². The van der Waals surface area contributed by atoms with Crippen LogP contribution in [0.1, 0.15) is 11.3 Å². The fraction of sp³-hybridized carbons (Fsp3) is 0. The fourth-order valence-electron chi connectivity index (χ4n) is 2.79. The highest BCUT2D eigenvalue weighted by atomic mass is 79.9. The molecule has 0 saturated carbocycles. The van der Waals surface area contributed by atoms with Crippen LogP contribution in [0.4, 0.5) is 5.69 Å². The van der Waals surface area contributed by atoms with Crippen LogP contribution in [0.3, 0.4) is 0 Å². The standard InChI is InChI=1S/C21H11BrClNO5/c22-14-3-1-12(2-4-14)20-10-13(21(25)29-20)9-16-6-8-19(28-16)17-7-5-15(24(26)27)11-18(17)23/h1-11H/b13-9+. The molecule has 3 aromatic rings. The van der Waals surface area contributed by atoms with E-state index in [1.807, 2.05) is 24.3 Å². The monoisotopic (exact) mass is 471 g/mol. The van der Waals surface area contributed by atoms with Crippen LogP contribution in [-0.4, -0.2) is 10.9 Å². The number of nitrogens with zero attached hydrogens (tertiary/aromatic N) is 1. The highest BCUT2D eigenvalue weighted by Gasteiger charge is 2.22. The Hall–Kier alpha value is -3.16. The summed E-state index contributed by atoms with van der Waals surface area (Å²) in [5.41, 5.74) is 1.54. The number of halogens is 2. The van der Waals surface area contributed by atoms with Crippen molar-refractivity contribution in [2.75, 3.05) is 0 Å². The van der Waals surface area contributed by atoms with Crippen molar-refractivity contribution in [1.29, 1.82) is 0 Å². The number of nitro groups is 1. The molecule has 0 radical (unpaired) electrons. The van der Waals surface area contributed by atoms with Gasteiger partial charge in [-0.1, -0.05) is 39.7 Å². The Balaban J connectivity index is 1.61. The Bertz CT molecular complexity index is 1190. The molecule has 8 heteroatoms. The molecule has 0 spiro atoms. The van der Waals surface area contributed by atoms with Crippen molar-refractivity contribution in [1.82, 2.24) is 0 Å². The molecule has 0 aliphatic carbocycles. The van der Waals surface area contributed by atoms with Crippen LogP contribution in [0.2, 0.25) is 5.02 Å². The average molecular weight is 473 g/mol. The van der Waals surface area contributed by atoms with Crippen molar-refractivity contribution in [3.05, 3.63) is 97.2 Å². The van der Waals surface area contributed by atoms with Gasteiger partial charge in [0.25, 0.3) is 5.69 Å². The molecule has 144 valence electrons. The third-order valence-corrected chi connectivity index (χ3v) is 5.05. The summed E-state index contributed by atoms with van der Waals surface area (Å²) in [5, 5.41) is 11.0. The summed E-state index contributed by atoms with van der Waals surface area (Å²) in [5.74, 6) is 0.836. The van der Waals surface area contributed by atoms with Gasteiger partial charge in [0, 0.05) is 27.7 Å². The van der Waals surface area contributed by atoms with E-state index in [0.29, 0.717) is 28.4 Å². The summed E-state index contributed by atoms with van der Waals surface area (Å²) in [6, 6.07) is 14.9. The van der Waals surface area contributed by atoms with Crippen molar-refractivity contribution < 1.29 is 18.9 Å². The Morgan fingerprint density at radius 2 is 1.83 bits per heavy atom. The third-order valence-electron chi connectivity index (χ3n) is 4.21. The summed E-state index contributed by atoms with van der Waals surface area (Å²) < 4.78 is 12.0. The molecule has 1 aromatic heterocycles. The van der Waals surface area contributed by atoms with Gasteiger partial charge in [0.15, 0.2) is 0 Å². The summed E-state index contributed by atoms with van der Waals surface area (Å²) in [6.45, 7) is 0. The lowest BCUT2D eigenvalue weighted by molar-refractivity contribution is -0.384. The molecule has 0 amide bonds. The maximum atomic E-state index is 12.2. The molecule has 0 unspecified atom stereocenters. The van der Waals surface area contributed by atoms with E-state index in [9.17, 15) is 14.9 Å². The zero-order valence-corrected chi connectivity index (χ0v) is 16.9. The van der Waals surface area contributed by atoms with Crippen molar-refractivity contribution in [2.24, 2.45) is 0 Å². The van der Waals surface area contributed by atoms with Crippen LogP contribution in [0.15, 0.2) is 75.1 Å². The van der Waals surface area contributed by atoms with Crippen LogP contribution in [0, 0.1) is 10.1 Å². The average Bonchev–Trinajstić information content (AvgIpc) is 3.29. The maximum Gasteiger partial charge on any atom is 0.343 e. The van der Waals surface area contributed by atoms with E-state index in [-0.39, 0.29) is 10.7 Å². The van der Waals surface area contributed by atoms with Gasteiger partial charge in [-0.3, -0.25) is 10.1 Å². The highest BCUT2D eigenvalue weighted by Crippen LogP contribution is 2.34. The van der Waals surface area contributed by atoms with E-state index in [4.69, 9.17) is 20.8 Å². The van der Waals surface area contributed by atoms with Crippen LogP contribution in [0.5, 0.6) is 0 Å². The molecule has 2 aromatic carbocycles. The second kappa shape index (κ2) is 7.69. The molecule has 0 atom stereocenters. The Kier molecular flexibility index (Phi) is 5.08. The van der Waals surface area contributed by atoms with Crippen molar-refractivity contribution in [3.63, 3.8) is 0 Å². The molecule has 0 fully saturated rings. The molecule has 1 aliphatic rings. The number of ether oxygens (including phenoxy) is 1. The van der Waals surface area contributed by atoms with E-state index >= 15 is 0 Å². The Morgan fingerprint density at radius 1 is 1.07 bits per heavy atom. The molecule has 1 aliphatic heterocycles. The topological polar surface area (TPSA) is 82.6 Å². The quantitative estimate of drug-likeness (QED) is 0.194. The maximum absolute atomic E-state index is 12.2. The van der Waals surface area contributed by atoms with E-state index in [0.717, 1.165) is 10.0 Å². The molecule has 4 rings (SSSR count). The first-order valence-electron chi connectivity index (χ1n) is 8.36. The second-order valence-corrected chi connectivity index (χ2v) is 7.45. The molecule has 6 nitrogen and oxygen atoms in total. The zero-order valence-electron chi connectivity index (χ0n) is 14.6. The molecule has 0 N–H and O–H groups in total. The van der Waals surface area contributed by atoms with Gasteiger partial charge < -0.3 is 9.15 Å². The minimum absolute atomic E-state index is 0.105. The number of cyclic esters (lactones) is 1. The van der Waals surface area contributed by atoms with Crippen LogP contribution >= 0.6 is 27.5 Å². The predicted octanol–water partition coefficient (Wildman–Crippen LogP) is 6.25. The van der Waals surface area contributed by atoms with Crippen LogP contribution in [0.25, 0.3) is 23.2 Å². The number of carbonyl (C=O) groups excluding carboxylic acids is 1. The van der Waals surface area contributed by atoms with Gasteiger partial charge in [-0.25, -0.2) is 4.79 Å². The van der Waals surface area contributed by atoms with Crippen LogP contribution in [-0.2, 0) is 9.53 Å². The predicted molar refractivity (Wildman–Crippen MR) is 112 cm³/mol. The number of hydrogen-bond acceptors (Lipinski definition) is 5. The summed E-state index contributed by atoms with van der Waals surface area (Å²) in [7, 11) is 0. The summed E-state index contributed by atoms with van der Waals surface area (Å²) >= 11 is 9.51. The van der Waals surface area contributed by atoms with Gasteiger partial charge in [-0.05, 0) is 42.5 Å². The molecular formula is C21H11BrClNO5. The smallest absolute Gasteiger partial charge is 0.343 e. The van der Waals surface area contributed by atoms with Crippen molar-refractivity contribution >= 4 is 51.0 Å². The first kappa shape index (κ1) is 19.2. The largest absolute Gasteiger partial charge is 0.457 e. The van der Waals surface area contributed by atoms with E-state index < -0.39 is 10.9 Å². The lowest BCUT2D eigenvalue weighted by Gasteiger charge is -2.01. The number of furan rings is 1. The highest BCUT2D eigenvalue weighted by molar-refractivity contribution is 9.10. The van der Waals surface area contributed by atoms with Gasteiger partial charge in [-0.15, -0.1) is 0 Å². The van der Waals surface area contributed by atoms with E-state index in [1.54, 1.807) is 24.3 Å². The second-order valence-electron chi connectivity index (χ2n) is 6.13. The first-order chi connectivity index (χ1) is 13.9. The lowest BCUT2D eigenvalue weighted by atomic mass is 10.1. The lowest BCUT2D eigenvalue weighted by Crippen LogP contribution is -1.96. The number of rotatable bonds is 4. The van der Waals surface area contributed by atoms with Gasteiger partial charge >= 0.3 is 5.97 Å². The number of hydrogen-bond donors (Lipinski definition) is 0. The molecule has 0 saturated heterocycles. The minimum Gasteiger partial charge on any atom is -0.457 e. The summed E-state index contributed by atoms with van der Waals surface area (Å²) in [6.07, 6.45) is 3.21. The number of nitro benzene ring substituents is 1. The van der Waals surface area contributed by atoms with Crippen LogP contribution < -0.4 is 0 Å². The first-order valence-corrected chi connectivity index (χ1v) is 9.53. The third kappa shape index (κ3) is 4.01. The van der Waals surface area contributed by atoms with Gasteiger partial charge in [0.2, 0.25) is 0 Å². The SMILES string of the molecule is O=C1OC(c2ccc(Br)cc2)=C/C1=C\c1ccc(-c2ccc([N+](=O)[O-])cc2Cl)o1. The van der Waals surface area contributed by atoms with Crippen molar-refractivity contribution in [3.8, 4) is 11.3 Å². The zero-order chi connectivity index (χ0) is 20.5. The van der Waals surface area contributed by atoms with Crippen molar-refractivity contribution in [2.45, 2.75) is 0 Å². The molecule has 2 heterocycles. The molecule has 29 heavy (non-hydrogen) atoms. The Morgan fingerprint density at radius 3 is 2.52 bits per heavy atom. The number of benzene rings is 2. The number of esters is 1. The summed E-state index contributed by atoms with van der Waals surface area (Å²) in [4.78, 5) is 22.5. The fourth-order valence-corrected chi connectivity index (χ4v) is 3.32. The van der Waals surface area contributed by atoms with E-state index in [2.05, 4.69) is 15.9 Å².